The maximum atomic E-state index is 12.1. The first kappa shape index (κ1) is 23.7. The molecule has 0 amide bonds. The number of benzene rings is 2. The number of carbonyl (C=O) groups is 1. The van der Waals surface area contributed by atoms with Gasteiger partial charge in [-0.15, -0.1) is 0 Å². The van der Waals surface area contributed by atoms with Gasteiger partial charge >= 0.3 is 5.97 Å². The van der Waals surface area contributed by atoms with Crippen molar-refractivity contribution in [2.24, 2.45) is 0 Å². The molecular formula is C25H31F2N3O2. The summed E-state index contributed by atoms with van der Waals surface area (Å²) in [5.41, 5.74) is 8.27. The number of nitrogens with one attached hydrogen (secondary N) is 1. The van der Waals surface area contributed by atoms with Crippen LogP contribution in [0.15, 0.2) is 42.5 Å². The number of nitrogens with two attached hydrogens (primary N) is 1. The fraction of sp³-hybridized carbons (Fsp3) is 0.400. The summed E-state index contributed by atoms with van der Waals surface area (Å²) < 4.78 is 29.3. The molecule has 0 bridgehead atoms. The zero-order valence-corrected chi connectivity index (χ0v) is 18.8. The van der Waals surface area contributed by atoms with Gasteiger partial charge in [-0.2, -0.15) is 0 Å². The molecule has 0 unspecified atom stereocenters. The van der Waals surface area contributed by atoms with Crippen LogP contribution in [-0.2, 0) is 4.74 Å². The Balaban J connectivity index is 0.000000269. The van der Waals surface area contributed by atoms with Crippen LogP contribution in [0.3, 0.4) is 0 Å². The van der Waals surface area contributed by atoms with Crippen LogP contribution in [0.2, 0.25) is 0 Å². The molecule has 32 heavy (non-hydrogen) atoms. The van der Waals surface area contributed by atoms with Crippen molar-refractivity contribution in [3.63, 3.8) is 0 Å². The van der Waals surface area contributed by atoms with Crippen molar-refractivity contribution in [1.29, 1.82) is 0 Å². The highest BCUT2D eigenvalue weighted by Gasteiger charge is 2.22. The van der Waals surface area contributed by atoms with Gasteiger partial charge < -0.3 is 20.4 Å². The number of nitrogen functional groups attached to an aromatic ring is 1. The fourth-order valence-electron chi connectivity index (χ4n) is 3.99. The Labute approximate surface area is 187 Å². The average molecular weight is 444 g/mol. The summed E-state index contributed by atoms with van der Waals surface area (Å²) >= 11 is 0. The molecule has 2 heterocycles. The largest absolute Gasteiger partial charge is 0.461 e. The highest BCUT2D eigenvalue weighted by atomic mass is 19.2. The maximum absolute atomic E-state index is 12.1. The van der Waals surface area contributed by atoms with E-state index in [9.17, 15) is 13.6 Å². The number of esters is 1. The molecule has 7 heteroatoms. The second-order valence-corrected chi connectivity index (χ2v) is 8.33. The number of rotatable bonds is 4. The average Bonchev–Trinajstić information content (AvgIpc) is 3.21. The van der Waals surface area contributed by atoms with Gasteiger partial charge in [-0.05, 0) is 94.6 Å². The number of hydrogen-bond donors (Lipinski definition) is 2. The lowest BCUT2D eigenvalue weighted by atomic mass is 9.88. The van der Waals surface area contributed by atoms with E-state index in [0.717, 1.165) is 23.0 Å². The molecule has 1 aliphatic heterocycles. The molecule has 3 aromatic rings. The molecule has 172 valence electrons. The summed E-state index contributed by atoms with van der Waals surface area (Å²) in [5.74, 6) is -1.44. The number of H-pyrrole nitrogens is 1. The molecule has 1 aromatic heterocycles. The number of aromatic nitrogens is 1. The third-order valence-electron chi connectivity index (χ3n) is 5.82. The molecule has 3 N–H and O–H groups in total. The summed E-state index contributed by atoms with van der Waals surface area (Å²) in [6.07, 6.45) is 2.41. The van der Waals surface area contributed by atoms with Crippen LogP contribution in [0.5, 0.6) is 0 Å². The van der Waals surface area contributed by atoms with Gasteiger partial charge in [0.25, 0.3) is 0 Å². The monoisotopic (exact) mass is 443 g/mol. The summed E-state index contributed by atoms with van der Waals surface area (Å²) in [4.78, 5) is 17.5. The van der Waals surface area contributed by atoms with Crippen molar-refractivity contribution in [1.82, 2.24) is 9.88 Å². The first-order valence-corrected chi connectivity index (χ1v) is 11.0. The minimum atomic E-state index is -0.907. The number of nitrogens with zero attached hydrogens (tertiary/aromatic N) is 1. The Morgan fingerprint density at radius 3 is 2.44 bits per heavy atom. The third-order valence-corrected chi connectivity index (χ3v) is 5.82. The number of carbonyl (C=O) groups excluding carboxylic acids is 1. The van der Waals surface area contributed by atoms with Crippen LogP contribution in [-0.4, -0.2) is 41.6 Å². The molecule has 1 saturated heterocycles. The van der Waals surface area contributed by atoms with Crippen LogP contribution in [0.25, 0.3) is 10.9 Å². The molecule has 1 aliphatic rings. The summed E-state index contributed by atoms with van der Waals surface area (Å²) in [7, 11) is 0. The Morgan fingerprint density at radius 1 is 1.12 bits per heavy atom. The Morgan fingerprint density at radius 2 is 1.84 bits per heavy atom. The maximum Gasteiger partial charge on any atom is 0.354 e. The molecule has 4 rings (SSSR count). The van der Waals surface area contributed by atoms with Gasteiger partial charge in [0, 0.05) is 22.6 Å². The zero-order valence-electron chi connectivity index (χ0n) is 18.8. The van der Waals surface area contributed by atoms with Gasteiger partial charge in [-0.25, -0.2) is 13.6 Å². The second kappa shape index (κ2) is 10.6. The first-order valence-electron chi connectivity index (χ1n) is 11.0. The second-order valence-electron chi connectivity index (χ2n) is 8.33. The Hall–Kier alpha value is -2.93. The highest BCUT2D eigenvalue weighted by Crippen LogP contribution is 2.31. The van der Waals surface area contributed by atoms with Crippen molar-refractivity contribution < 1.29 is 18.3 Å². The van der Waals surface area contributed by atoms with Gasteiger partial charge in [0.2, 0.25) is 0 Å². The third kappa shape index (κ3) is 5.85. The van der Waals surface area contributed by atoms with Gasteiger partial charge in [-0.3, -0.25) is 0 Å². The number of halogens is 2. The van der Waals surface area contributed by atoms with E-state index in [1.165, 1.54) is 37.6 Å². The van der Waals surface area contributed by atoms with Gasteiger partial charge in [0.05, 0.1) is 6.61 Å². The number of hydrogen-bond acceptors (Lipinski definition) is 4. The van der Waals surface area contributed by atoms with E-state index < -0.39 is 11.6 Å². The Kier molecular flexibility index (Phi) is 7.85. The molecule has 5 nitrogen and oxygen atoms in total. The molecule has 0 aliphatic carbocycles. The minimum absolute atomic E-state index is 0.230. The minimum Gasteiger partial charge on any atom is -0.461 e. The van der Waals surface area contributed by atoms with Crippen molar-refractivity contribution in [3.8, 4) is 0 Å². The SMILES string of the molecule is CCOC(=O)c1cc2cc(C3CCN(C(C)C)CC3)ccc2[nH]1.Nc1ccc(F)c(F)c1. The smallest absolute Gasteiger partial charge is 0.354 e. The van der Waals surface area contributed by atoms with Crippen molar-refractivity contribution in [2.45, 2.75) is 45.6 Å². The molecule has 0 radical (unpaired) electrons. The zero-order chi connectivity index (χ0) is 23.3. The van der Waals surface area contributed by atoms with Crippen molar-refractivity contribution in [2.75, 3.05) is 25.4 Å². The van der Waals surface area contributed by atoms with Crippen molar-refractivity contribution >= 4 is 22.6 Å². The lowest BCUT2D eigenvalue weighted by molar-refractivity contribution is 0.0520. The standard InChI is InChI=1S/C19H26N2O2.C6H5F2N/c1-4-23-19(22)18-12-16-11-15(5-6-17(16)20-18)14-7-9-21(10-8-14)13(2)3;7-5-2-1-4(9)3-6(5)8/h5-6,11-14,20H,4,7-10H2,1-3H3;1-3H,9H2. The topological polar surface area (TPSA) is 71.3 Å². The number of ether oxygens (including phenoxy) is 1. The lowest BCUT2D eigenvalue weighted by Gasteiger charge is -2.34. The Bertz CT molecular complexity index is 1060. The number of fused-ring (bicyclic) bond motifs is 1. The number of aromatic amines is 1. The number of likely N-dealkylation sites (tertiary alicyclic amines) is 1. The fourth-order valence-corrected chi connectivity index (χ4v) is 3.99. The normalized spacial score (nSPS) is 14.9. The lowest BCUT2D eigenvalue weighted by Crippen LogP contribution is -2.37. The van der Waals surface area contributed by atoms with Crippen LogP contribution in [0.1, 0.15) is 55.6 Å². The summed E-state index contributed by atoms with van der Waals surface area (Å²) in [5, 5.41) is 1.09. The van der Waals surface area contributed by atoms with E-state index in [1.807, 2.05) is 13.0 Å². The molecule has 0 atom stereocenters. The van der Waals surface area contributed by atoms with Gasteiger partial charge in [0.1, 0.15) is 5.69 Å². The van der Waals surface area contributed by atoms with E-state index in [0.29, 0.717) is 24.3 Å². The predicted molar refractivity (Wildman–Crippen MR) is 124 cm³/mol. The number of piperidine rings is 1. The summed E-state index contributed by atoms with van der Waals surface area (Å²) in [6.45, 7) is 9.09. The van der Waals surface area contributed by atoms with E-state index in [4.69, 9.17) is 10.5 Å². The molecular weight excluding hydrogens is 412 g/mol. The first-order chi connectivity index (χ1) is 15.3. The van der Waals surface area contributed by atoms with Gasteiger partial charge in [0.15, 0.2) is 11.6 Å². The molecule has 2 aromatic carbocycles. The molecule has 1 fully saturated rings. The van der Waals surface area contributed by atoms with Crippen molar-refractivity contribution in [3.05, 3.63) is 65.4 Å². The highest BCUT2D eigenvalue weighted by molar-refractivity contribution is 5.95. The molecule has 0 saturated carbocycles. The van der Waals surface area contributed by atoms with Gasteiger partial charge in [-0.1, -0.05) is 6.07 Å². The van der Waals surface area contributed by atoms with E-state index in [-0.39, 0.29) is 11.7 Å². The van der Waals surface area contributed by atoms with E-state index in [1.54, 1.807) is 0 Å². The summed E-state index contributed by atoms with van der Waals surface area (Å²) in [6, 6.07) is 12.3. The van der Waals surface area contributed by atoms with Crippen LogP contribution in [0, 0.1) is 11.6 Å². The van der Waals surface area contributed by atoms with E-state index >= 15 is 0 Å². The van der Waals surface area contributed by atoms with Crippen LogP contribution in [0.4, 0.5) is 14.5 Å². The van der Waals surface area contributed by atoms with Crippen LogP contribution >= 0.6 is 0 Å². The number of anilines is 1. The predicted octanol–water partition coefficient (Wildman–Crippen LogP) is 5.48. The molecule has 0 spiro atoms. The van der Waals surface area contributed by atoms with Crippen LogP contribution < -0.4 is 5.73 Å². The van der Waals surface area contributed by atoms with E-state index in [2.05, 4.69) is 41.9 Å². The quantitative estimate of drug-likeness (QED) is 0.414.